The van der Waals surface area contributed by atoms with Crippen LogP contribution in [0.25, 0.3) is 0 Å². The van der Waals surface area contributed by atoms with E-state index >= 15 is 0 Å². The molecule has 0 bridgehead atoms. The molecular formula is C21H20N4O4S. The second-order valence-electron chi connectivity index (χ2n) is 6.77. The van der Waals surface area contributed by atoms with E-state index in [9.17, 15) is 0 Å². The number of hydrogen-bond acceptors (Lipinski definition) is 8. The third-order valence-electron chi connectivity index (χ3n) is 4.92. The van der Waals surface area contributed by atoms with Gasteiger partial charge in [0, 0.05) is 17.7 Å². The summed E-state index contributed by atoms with van der Waals surface area (Å²) in [6.07, 6.45) is 0.575. The summed E-state index contributed by atoms with van der Waals surface area (Å²) in [5.41, 5.74) is 2.98. The highest BCUT2D eigenvalue weighted by molar-refractivity contribution is 7.99. The van der Waals surface area contributed by atoms with E-state index in [4.69, 9.17) is 24.0 Å². The first-order valence-corrected chi connectivity index (χ1v) is 10.5. The van der Waals surface area contributed by atoms with E-state index in [2.05, 4.69) is 10.2 Å². The Morgan fingerprint density at radius 2 is 1.80 bits per heavy atom. The van der Waals surface area contributed by atoms with Gasteiger partial charge >= 0.3 is 0 Å². The molecule has 30 heavy (non-hydrogen) atoms. The van der Waals surface area contributed by atoms with Crippen molar-refractivity contribution in [1.29, 1.82) is 0 Å². The van der Waals surface area contributed by atoms with Crippen LogP contribution in [0.5, 0.6) is 23.0 Å². The lowest BCUT2D eigenvalue weighted by Gasteiger charge is -2.20. The molecule has 2 aromatic carbocycles. The molecule has 0 fully saturated rings. The second kappa shape index (κ2) is 7.91. The number of aromatic nitrogens is 3. The molecule has 2 aliphatic rings. The molecule has 8 nitrogen and oxygen atoms in total. The molecule has 0 saturated heterocycles. The van der Waals surface area contributed by atoms with Gasteiger partial charge in [-0.2, -0.15) is 9.78 Å². The topological polar surface area (TPSA) is 80.0 Å². The molecule has 5 rings (SSSR count). The Morgan fingerprint density at radius 1 is 0.967 bits per heavy atom. The van der Waals surface area contributed by atoms with E-state index < -0.39 is 0 Å². The van der Waals surface area contributed by atoms with Crippen LogP contribution in [0.15, 0.2) is 46.7 Å². The summed E-state index contributed by atoms with van der Waals surface area (Å²) < 4.78 is 23.9. The van der Waals surface area contributed by atoms with Crippen LogP contribution in [0.1, 0.15) is 17.0 Å². The van der Waals surface area contributed by atoms with Crippen LogP contribution < -0.4 is 18.9 Å². The highest BCUT2D eigenvalue weighted by atomic mass is 32.2. The zero-order valence-corrected chi connectivity index (χ0v) is 17.4. The van der Waals surface area contributed by atoms with Crippen molar-refractivity contribution in [3.8, 4) is 23.0 Å². The number of rotatable bonds is 5. The molecule has 0 saturated carbocycles. The van der Waals surface area contributed by atoms with E-state index in [1.165, 1.54) is 0 Å². The summed E-state index contributed by atoms with van der Waals surface area (Å²) in [5, 5.41) is 14.3. The molecule has 0 unspecified atom stereocenters. The number of benzene rings is 2. The zero-order chi connectivity index (χ0) is 20.5. The smallest absolute Gasteiger partial charge is 0.212 e. The minimum absolute atomic E-state index is 0.558. The molecule has 0 N–H and O–H groups in total. The number of nitrogens with zero attached hydrogens (tertiary/aromatic N) is 4. The first-order chi connectivity index (χ1) is 14.7. The zero-order valence-electron chi connectivity index (χ0n) is 16.6. The quantitative estimate of drug-likeness (QED) is 0.623. The maximum atomic E-state index is 5.71. The molecule has 0 spiro atoms. The molecule has 154 valence electrons. The molecular weight excluding hydrogens is 404 g/mol. The van der Waals surface area contributed by atoms with Gasteiger partial charge in [0.1, 0.15) is 13.2 Å². The molecule has 9 heteroatoms. The van der Waals surface area contributed by atoms with E-state index in [-0.39, 0.29) is 0 Å². The number of ether oxygens (including phenoxy) is 4. The molecule has 0 amide bonds. The predicted octanol–water partition coefficient (Wildman–Crippen LogP) is 3.02. The van der Waals surface area contributed by atoms with Crippen molar-refractivity contribution in [3.63, 3.8) is 0 Å². The van der Waals surface area contributed by atoms with Crippen molar-refractivity contribution in [3.05, 3.63) is 53.3 Å². The van der Waals surface area contributed by atoms with E-state index in [0.717, 1.165) is 39.3 Å². The molecule has 1 aromatic heterocycles. The van der Waals surface area contributed by atoms with Crippen LogP contribution in [-0.4, -0.2) is 53.8 Å². The largest absolute Gasteiger partial charge is 0.493 e. The highest BCUT2D eigenvalue weighted by Gasteiger charge is 2.22. The monoisotopic (exact) mass is 424 g/mol. The highest BCUT2D eigenvalue weighted by Crippen LogP contribution is 2.33. The minimum Gasteiger partial charge on any atom is -0.493 e. The van der Waals surface area contributed by atoms with Gasteiger partial charge in [-0.25, -0.2) is 0 Å². The lowest BCUT2D eigenvalue weighted by atomic mass is 10.1. The van der Waals surface area contributed by atoms with E-state index in [1.807, 2.05) is 41.1 Å². The summed E-state index contributed by atoms with van der Waals surface area (Å²) in [6, 6.07) is 11.8. The summed E-state index contributed by atoms with van der Waals surface area (Å²) in [5.74, 6) is 4.38. The Morgan fingerprint density at radius 3 is 2.63 bits per heavy atom. The van der Waals surface area contributed by atoms with Crippen molar-refractivity contribution in [2.45, 2.75) is 11.6 Å². The Hall–Kier alpha value is -3.20. The molecule has 0 radical (unpaired) electrons. The van der Waals surface area contributed by atoms with Crippen LogP contribution in [0.4, 0.5) is 0 Å². The average Bonchev–Trinajstić information content (AvgIpc) is 3.20. The second-order valence-corrected chi connectivity index (χ2v) is 7.71. The first kappa shape index (κ1) is 18.8. The van der Waals surface area contributed by atoms with Crippen molar-refractivity contribution in [2.75, 3.05) is 33.2 Å². The molecule has 0 aliphatic carbocycles. The van der Waals surface area contributed by atoms with Gasteiger partial charge in [0.05, 0.1) is 19.9 Å². The van der Waals surface area contributed by atoms with Crippen LogP contribution in [-0.2, 0) is 6.42 Å². The Bertz CT molecular complexity index is 1130. The fourth-order valence-corrected chi connectivity index (χ4v) is 4.27. The predicted molar refractivity (Wildman–Crippen MR) is 112 cm³/mol. The third kappa shape index (κ3) is 3.45. The van der Waals surface area contributed by atoms with Gasteiger partial charge in [0.2, 0.25) is 5.16 Å². The standard InChI is InChI=1S/C21H20N4O4S/c1-26-16-5-3-13(9-18(16)27-2)10-20-22-23-21-25(20)24-15(12-30-21)14-4-6-17-19(11-14)29-8-7-28-17/h3-6,9,11H,7-8,10,12H2,1-2H3. The van der Waals surface area contributed by atoms with Gasteiger partial charge in [0.15, 0.2) is 28.8 Å². The van der Waals surface area contributed by atoms with Crippen molar-refractivity contribution in [2.24, 2.45) is 5.10 Å². The van der Waals surface area contributed by atoms with Crippen molar-refractivity contribution in [1.82, 2.24) is 14.9 Å². The summed E-state index contributed by atoms with van der Waals surface area (Å²) in [4.78, 5) is 0. The van der Waals surface area contributed by atoms with Gasteiger partial charge in [-0.1, -0.05) is 17.8 Å². The number of methoxy groups -OCH3 is 2. The lowest BCUT2D eigenvalue weighted by molar-refractivity contribution is 0.171. The van der Waals surface area contributed by atoms with Gasteiger partial charge in [0.25, 0.3) is 0 Å². The van der Waals surface area contributed by atoms with Gasteiger partial charge in [-0.05, 0) is 35.9 Å². The number of hydrogen-bond donors (Lipinski definition) is 0. The fraction of sp³-hybridized carbons (Fsp3) is 0.286. The lowest BCUT2D eigenvalue weighted by Crippen LogP contribution is -2.18. The minimum atomic E-state index is 0.558. The average molecular weight is 424 g/mol. The van der Waals surface area contributed by atoms with Gasteiger partial charge < -0.3 is 18.9 Å². The Labute approximate surface area is 177 Å². The normalized spacial score (nSPS) is 14.7. The van der Waals surface area contributed by atoms with E-state index in [1.54, 1.807) is 26.0 Å². The van der Waals surface area contributed by atoms with Gasteiger partial charge in [-0.15, -0.1) is 10.2 Å². The van der Waals surface area contributed by atoms with Crippen molar-refractivity contribution < 1.29 is 18.9 Å². The Balaban J connectivity index is 1.45. The SMILES string of the molecule is COc1ccc(Cc2nnc3n2N=C(c2ccc4c(c2)OCCO4)CS3)cc1OC. The Kier molecular flexibility index (Phi) is 4.96. The third-order valence-corrected chi connectivity index (χ3v) is 5.85. The fourth-order valence-electron chi connectivity index (χ4n) is 3.42. The molecule has 3 aromatic rings. The molecule has 2 aliphatic heterocycles. The summed E-state index contributed by atoms with van der Waals surface area (Å²) in [7, 11) is 3.25. The van der Waals surface area contributed by atoms with Crippen LogP contribution in [0.3, 0.4) is 0 Å². The number of fused-ring (bicyclic) bond motifs is 2. The van der Waals surface area contributed by atoms with Gasteiger partial charge in [-0.3, -0.25) is 0 Å². The maximum Gasteiger partial charge on any atom is 0.212 e. The maximum absolute atomic E-state index is 5.71. The molecule has 0 atom stereocenters. The van der Waals surface area contributed by atoms with Crippen LogP contribution >= 0.6 is 11.8 Å². The van der Waals surface area contributed by atoms with Crippen LogP contribution in [0, 0.1) is 0 Å². The van der Waals surface area contributed by atoms with E-state index in [0.29, 0.717) is 36.9 Å². The molecule has 3 heterocycles. The first-order valence-electron chi connectivity index (χ1n) is 9.51. The summed E-state index contributed by atoms with van der Waals surface area (Å²) in [6.45, 7) is 1.13. The van der Waals surface area contributed by atoms with Crippen molar-refractivity contribution >= 4 is 17.5 Å². The summed E-state index contributed by atoms with van der Waals surface area (Å²) >= 11 is 1.62. The van der Waals surface area contributed by atoms with Crippen LogP contribution in [0.2, 0.25) is 0 Å². The number of thioether (sulfide) groups is 1.